The van der Waals surface area contributed by atoms with E-state index in [0.29, 0.717) is 17.7 Å². The molecular weight excluding hydrogens is 236 g/mol. The van der Waals surface area contributed by atoms with Crippen LogP contribution in [-0.4, -0.2) is 29.3 Å². The Morgan fingerprint density at radius 3 is 2.00 bits per heavy atom. The SMILES string of the molecule is CC[C@H](c1ccc(OC)cc1)C(C(=O)O)C(=O)O. The lowest BCUT2D eigenvalue weighted by atomic mass is 9.84. The number of ether oxygens (including phenoxy) is 1. The predicted molar refractivity (Wildman–Crippen MR) is 64.8 cm³/mol. The Bertz CT molecular complexity index is 410. The average Bonchev–Trinajstić information content (AvgIpc) is 2.35. The fourth-order valence-corrected chi connectivity index (χ4v) is 1.96. The molecule has 0 saturated carbocycles. The maximum atomic E-state index is 11.0. The van der Waals surface area contributed by atoms with Crippen LogP contribution in [0.1, 0.15) is 24.8 Å². The van der Waals surface area contributed by atoms with Crippen LogP contribution in [0.4, 0.5) is 0 Å². The molecule has 98 valence electrons. The minimum atomic E-state index is -1.43. The molecule has 0 fully saturated rings. The number of carbonyl (C=O) groups is 2. The summed E-state index contributed by atoms with van der Waals surface area (Å²) >= 11 is 0. The van der Waals surface area contributed by atoms with Crippen LogP contribution in [0.2, 0.25) is 0 Å². The standard InChI is InChI=1S/C13H16O5/c1-3-10(11(12(14)15)13(16)17)8-4-6-9(18-2)7-5-8/h4-7,10-11H,3H2,1-2H3,(H,14,15)(H,16,17)/t10-/m1/s1. The normalized spacial score (nSPS) is 12.2. The number of hydrogen-bond donors (Lipinski definition) is 2. The quantitative estimate of drug-likeness (QED) is 0.756. The van der Waals surface area contributed by atoms with Crippen LogP contribution in [0.5, 0.6) is 5.75 Å². The molecule has 1 aromatic rings. The lowest BCUT2D eigenvalue weighted by molar-refractivity contribution is -0.155. The summed E-state index contributed by atoms with van der Waals surface area (Å²) in [6, 6.07) is 6.79. The van der Waals surface area contributed by atoms with Gasteiger partial charge in [-0.2, -0.15) is 0 Å². The maximum absolute atomic E-state index is 11.0. The van der Waals surface area contributed by atoms with Crippen molar-refractivity contribution < 1.29 is 24.5 Å². The predicted octanol–water partition coefficient (Wildman–Crippen LogP) is 1.97. The van der Waals surface area contributed by atoms with Gasteiger partial charge < -0.3 is 14.9 Å². The number of carboxylic acid groups (broad SMARTS) is 2. The van der Waals surface area contributed by atoms with E-state index in [4.69, 9.17) is 14.9 Å². The van der Waals surface area contributed by atoms with Gasteiger partial charge in [-0.15, -0.1) is 0 Å². The monoisotopic (exact) mass is 252 g/mol. The first-order chi connectivity index (χ1) is 8.51. The molecule has 2 N–H and O–H groups in total. The summed E-state index contributed by atoms with van der Waals surface area (Å²) in [6.07, 6.45) is 0.440. The van der Waals surface area contributed by atoms with E-state index in [2.05, 4.69) is 0 Å². The fraction of sp³-hybridized carbons (Fsp3) is 0.385. The van der Waals surface area contributed by atoms with Gasteiger partial charge in [0.15, 0.2) is 5.92 Å². The van der Waals surface area contributed by atoms with E-state index in [1.807, 2.05) is 0 Å². The largest absolute Gasteiger partial charge is 0.497 e. The third kappa shape index (κ3) is 3.00. The zero-order chi connectivity index (χ0) is 13.7. The summed E-state index contributed by atoms with van der Waals surface area (Å²) in [5.74, 6) is -3.96. The van der Waals surface area contributed by atoms with Crippen LogP contribution in [0.15, 0.2) is 24.3 Å². The molecule has 0 radical (unpaired) electrons. The van der Waals surface area contributed by atoms with Gasteiger partial charge in [0.2, 0.25) is 0 Å². The summed E-state index contributed by atoms with van der Waals surface area (Å²) in [7, 11) is 1.53. The highest BCUT2D eigenvalue weighted by molar-refractivity contribution is 5.94. The number of carboxylic acids is 2. The molecule has 0 aliphatic rings. The minimum absolute atomic E-state index is 0.440. The second-order valence-electron chi connectivity index (χ2n) is 3.94. The molecule has 0 aliphatic carbocycles. The average molecular weight is 252 g/mol. The van der Waals surface area contributed by atoms with Crippen molar-refractivity contribution in [2.45, 2.75) is 19.3 Å². The molecule has 5 nitrogen and oxygen atoms in total. The van der Waals surface area contributed by atoms with E-state index in [1.54, 1.807) is 31.2 Å². The summed E-state index contributed by atoms with van der Waals surface area (Å²) in [5.41, 5.74) is 0.688. The Hall–Kier alpha value is -2.04. The zero-order valence-electron chi connectivity index (χ0n) is 10.3. The Balaban J connectivity index is 3.06. The molecule has 0 heterocycles. The third-order valence-corrected chi connectivity index (χ3v) is 2.92. The van der Waals surface area contributed by atoms with Crippen LogP contribution < -0.4 is 4.74 Å². The first-order valence-corrected chi connectivity index (χ1v) is 5.60. The van der Waals surface area contributed by atoms with E-state index in [9.17, 15) is 9.59 Å². The van der Waals surface area contributed by atoms with E-state index >= 15 is 0 Å². The Kier molecular flexibility index (Phi) is 4.71. The number of benzene rings is 1. The maximum Gasteiger partial charge on any atom is 0.318 e. The molecule has 1 atom stereocenters. The van der Waals surface area contributed by atoms with Gasteiger partial charge in [0.25, 0.3) is 0 Å². The van der Waals surface area contributed by atoms with Crippen molar-refractivity contribution >= 4 is 11.9 Å². The minimum Gasteiger partial charge on any atom is -0.497 e. The van der Waals surface area contributed by atoms with Crippen LogP contribution in [0.3, 0.4) is 0 Å². The van der Waals surface area contributed by atoms with Crippen molar-refractivity contribution in [3.05, 3.63) is 29.8 Å². The van der Waals surface area contributed by atoms with Crippen LogP contribution in [-0.2, 0) is 9.59 Å². The van der Waals surface area contributed by atoms with Crippen molar-refractivity contribution in [3.63, 3.8) is 0 Å². The summed E-state index contributed by atoms with van der Waals surface area (Å²) in [4.78, 5) is 22.1. The molecule has 0 amide bonds. The summed E-state index contributed by atoms with van der Waals surface area (Å²) < 4.78 is 5.01. The van der Waals surface area contributed by atoms with Gasteiger partial charge in [-0.25, -0.2) is 0 Å². The van der Waals surface area contributed by atoms with Crippen molar-refractivity contribution in [2.75, 3.05) is 7.11 Å². The number of aliphatic carboxylic acids is 2. The molecule has 0 bridgehead atoms. The number of rotatable bonds is 6. The Morgan fingerprint density at radius 1 is 1.17 bits per heavy atom. The van der Waals surface area contributed by atoms with Gasteiger partial charge in [0, 0.05) is 5.92 Å². The van der Waals surface area contributed by atoms with Crippen molar-refractivity contribution in [1.82, 2.24) is 0 Å². The lowest BCUT2D eigenvalue weighted by Crippen LogP contribution is -2.29. The van der Waals surface area contributed by atoms with Gasteiger partial charge in [-0.1, -0.05) is 19.1 Å². The van der Waals surface area contributed by atoms with Crippen molar-refractivity contribution in [3.8, 4) is 5.75 Å². The van der Waals surface area contributed by atoms with Gasteiger partial charge in [0.05, 0.1) is 7.11 Å². The third-order valence-electron chi connectivity index (χ3n) is 2.92. The first kappa shape index (κ1) is 14.0. The van der Waals surface area contributed by atoms with Crippen molar-refractivity contribution in [2.24, 2.45) is 5.92 Å². The molecule has 0 aliphatic heterocycles. The summed E-state index contributed by atoms with van der Waals surface area (Å²) in [6.45, 7) is 1.77. The second kappa shape index (κ2) is 6.05. The molecule has 18 heavy (non-hydrogen) atoms. The summed E-state index contributed by atoms with van der Waals surface area (Å²) in [5, 5.41) is 18.0. The van der Waals surface area contributed by atoms with Gasteiger partial charge >= 0.3 is 11.9 Å². The highest BCUT2D eigenvalue weighted by Crippen LogP contribution is 2.30. The molecule has 0 unspecified atom stereocenters. The molecule has 5 heteroatoms. The van der Waals surface area contributed by atoms with Crippen LogP contribution in [0, 0.1) is 5.92 Å². The molecular formula is C13H16O5. The molecule has 0 spiro atoms. The van der Waals surface area contributed by atoms with E-state index in [-0.39, 0.29) is 0 Å². The Morgan fingerprint density at radius 2 is 1.67 bits per heavy atom. The first-order valence-electron chi connectivity index (χ1n) is 5.60. The van der Waals surface area contributed by atoms with Gasteiger partial charge in [-0.05, 0) is 24.1 Å². The zero-order valence-corrected chi connectivity index (χ0v) is 10.3. The number of methoxy groups -OCH3 is 1. The van der Waals surface area contributed by atoms with Crippen LogP contribution in [0.25, 0.3) is 0 Å². The van der Waals surface area contributed by atoms with E-state index in [0.717, 1.165) is 0 Å². The molecule has 0 saturated heterocycles. The highest BCUT2D eigenvalue weighted by atomic mass is 16.5. The molecule has 1 rings (SSSR count). The second-order valence-corrected chi connectivity index (χ2v) is 3.94. The fourth-order valence-electron chi connectivity index (χ4n) is 1.96. The number of hydrogen-bond acceptors (Lipinski definition) is 3. The topological polar surface area (TPSA) is 83.8 Å². The van der Waals surface area contributed by atoms with Crippen molar-refractivity contribution in [1.29, 1.82) is 0 Å². The highest BCUT2D eigenvalue weighted by Gasteiger charge is 2.34. The van der Waals surface area contributed by atoms with Gasteiger partial charge in [0.1, 0.15) is 5.75 Å². The smallest absolute Gasteiger partial charge is 0.318 e. The van der Waals surface area contributed by atoms with E-state index < -0.39 is 23.8 Å². The Labute approximate surface area is 105 Å². The van der Waals surface area contributed by atoms with Crippen LogP contribution >= 0.6 is 0 Å². The molecule has 0 aromatic heterocycles. The molecule has 1 aromatic carbocycles. The lowest BCUT2D eigenvalue weighted by Gasteiger charge is -2.20. The van der Waals surface area contributed by atoms with E-state index in [1.165, 1.54) is 7.11 Å². The van der Waals surface area contributed by atoms with Gasteiger partial charge in [-0.3, -0.25) is 9.59 Å².